The van der Waals surface area contributed by atoms with Gasteiger partial charge in [-0.3, -0.25) is 9.69 Å². The number of nitrogens with zero attached hydrogens (tertiary/aromatic N) is 3. The van der Waals surface area contributed by atoms with Crippen LogP contribution in [0.2, 0.25) is 10.0 Å². The van der Waals surface area contributed by atoms with Crippen LogP contribution in [-0.2, 0) is 11.3 Å². The quantitative estimate of drug-likeness (QED) is 0.561. The lowest BCUT2D eigenvalue weighted by molar-refractivity contribution is -0.121. The standard InChI is InChI=1S/C21H18Cl2F2N4O2/c22-13-1-3-15(16(23)9-13)20-27-19(31-28-20)11-29-7-5-12(6-8-29)21(30)26-14-2-4-17(24)18(25)10-14/h1-4,9-10,12H,5-8,11H2,(H,26,30). The predicted molar refractivity (Wildman–Crippen MR) is 113 cm³/mol. The third-order valence-corrected chi connectivity index (χ3v) is 5.69. The van der Waals surface area contributed by atoms with Crippen LogP contribution in [0.15, 0.2) is 40.9 Å². The first-order valence-corrected chi connectivity index (χ1v) is 10.4. The first-order valence-electron chi connectivity index (χ1n) is 9.65. The highest BCUT2D eigenvalue weighted by atomic mass is 35.5. The molecule has 0 saturated carbocycles. The molecule has 1 aliphatic heterocycles. The van der Waals surface area contributed by atoms with Gasteiger partial charge in [0.2, 0.25) is 17.6 Å². The van der Waals surface area contributed by atoms with Crippen molar-refractivity contribution in [1.29, 1.82) is 0 Å². The predicted octanol–water partition coefficient (Wildman–Crippen LogP) is 5.17. The molecule has 1 saturated heterocycles. The first kappa shape index (κ1) is 21.7. The molecule has 0 radical (unpaired) electrons. The van der Waals surface area contributed by atoms with Gasteiger partial charge in [-0.05, 0) is 56.3 Å². The zero-order valence-corrected chi connectivity index (χ0v) is 17.8. The number of piperidine rings is 1. The van der Waals surface area contributed by atoms with Crippen molar-refractivity contribution >= 4 is 34.8 Å². The van der Waals surface area contributed by atoms with Gasteiger partial charge in [-0.2, -0.15) is 4.98 Å². The molecule has 162 valence electrons. The second kappa shape index (κ2) is 9.30. The molecule has 1 fully saturated rings. The molecule has 0 bridgehead atoms. The summed E-state index contributed by atoms with van der Waals surface area (Å²) in [5, 5.41) is 7.59. The van der Waals surface area contributed by atoms with Crippen molar-refractivity contribution < 1.29 is 18.1 Å². The smallest absolute Gasteiger partial charge is 0.241 e. The summed E-state index contributed by atoms with van der Waals surface area (Å²) in [7, 11) is 0. The maximum absolute atomic E-state index is 13.3. The van der Waals surface area contributed by atoms with E-state index in [0.29, 0.717) is 59.8 Å². The Morgan fingerprint density at radius 1 is 1.13 bits per heavy atom. The summed E-state index contributed by atoms with van der Waals surface area (Å²) in [6.45, 7) is 1.78. The van der Waals surface area contributed by atoms with Crippen molar-refractivity contribution in [2.45, 2.75) is 19.4 Å². The lowest BCUT2D eigenvalue weighted by Crippen LogP contribution is -2.37. The Morgan fingerprint density at radius 3 is 2.61 bits per heavy atom. The molecule has 2 heterocycles. The van der Waals surface area contributed by atoms with Crippen LogP contribution in [0, 0.1) is 17.6 Å². The van der Waals surface area contributed by atoms with Gasteiger partial charge in [-0.1, -0.05) is 28.4 Å². The van der Waals surface area contributed by atoms with Crippen LogP contribution in [0.25, 0.3) is 11.4 Å². The molecule has 0 unspecified atom stereocenters. The molecule has 3 aromatic rings. The summed E-state index contributed by atoms with van der Waals surface area (Å²) in [5.41, 5.74) is 0.874. The lowest BCUT2D eigenvalue weighted by Gasteiger charge is -2.30. The Bertz CT molecular complexity index is 1100. The van der Waals surface area contributed by atoms with Crippen molar-refractivity contribution in [3.63, 3.8) is 0 Å². The maximum Gasteiger partial charge on any atom is 0.241 e. The van der Waals surface area contributed by atoms with Crippen LogP contribution < -0.4 is 5.32 Å². The van der Waals surface area contributed by atoms with Crippen LogP contribution in [0.4, 0.5) is 14.5 Å². The highest BCUT2D eigenvalue weighted by Gasteiger charge is 2.26. The number of hydrogen-bond donors (Lipinski definition) is 1. The fraction of sp³-hybridized carbons (Fsp3) is 0.286. The van der Waals surface area contributed by atoms with E-state index in [2.05, 4.69) is 20.4 Å². The molecular formula is C21H18Cl2F2N4O2. The lowest BCUT2D eigenvalue weighted by atomic mass is 9.96. The zero-order valence-electron chi connectivity index (χ0n) is 16.2. The minimum Gasteiger partial charge on any atom is -0.338 e. The number of likely N-dealkylation sites (tertiary alicyclic amines) is 1. The van der Waals surface area contributed by atoms with Gasteiger partial charge >= 0.3 is 0 Å². The number of rotatable bonds is 5. The fourth-order valence-electron chi connectivity index (χ4n) is 3.46. The van der Waals surface area contributed by atoms with Crippen LogP contribution in [0.1, 0.15) is 18.7 Å². The Labute approximate surface area is 187 Å². The SMILES string of the molecule is O=C(Nc1ccc(F)c(F)c1)C1CCN(Cc2nc(-c3ccc(Cl)cc3Cl)no2)CC1. The second-order valence-electron chi connectivity index (χ2n) is 7.30. The second-order valence-corrected chi connectivity index (χ2v) is 8.15. The molecule has 0 atom stereocenters. The molecule has 1 aliphatic rings. The molecule has 2 aromatic carbocycles. The molecule has 0 aliphatic carbocycles. The number of nitrogens with one attached hydrogen (secondary N) is 1. The molecule has 1 N–H and O–H groups in total. The van der Waals surface area contributed by atoms with E-state index < -0.39 is 11.6 Å². The summed E-state index contributed by atoms with van der Waals surface area (Å²) in [5.74, 6) is -1.53. The minimum absolute atomic E-state index is 0.205. The summed E-state index contributed by atoms with van der Waals surface area (Å²) >= 11 is 12.1. The number of hydrogen-bond acceptors (Lipinski definition) is 5. The number of halogens is 4. The minimum atomic E-state index is -0.994. The van der Waals surface area contributed by atoms with Crippen LogP contribution in [0.3, 0.4) is 0 Å². The van der Waals surface area contributed by atoms with E-state index in [9.17, 15) is 13.6 Å². The largest absolute Gasteiger partial charge is 0.338 e. The van der Waals surface area contributed by atoms with E-state index in [4.69, 9.17) is 27.7 Å². The monoisotopic (exact) mass is 466 g/mol. The van der Waals surface area contributed by atoms with Gasteiger partial charge in [-0.15, -0.1) is 0 Å². The molecule has 1 amide bonds. The normalized spacial score (nSPS) is 15.2. The Hall–Kier alpha value is -2.55. The van der Waals surface area contributed by atoms with E-state index in [1.54, 1.807) is 18.2 Å². The average Bonchev–Trinajstić information content (AvgIpc) is 3.19. The zero-order chi connectivity index (χ0) is 22.0. The van der Waals surface area contributed by atoms with Crippen LogP contribution in [-0.4, -0.2) is 34.0 Å². The number of benzene rings is 2. The highest BCUT2D eigenvalue weighted by Crippen LogP contribution is 2.29. The van der Waals surface area contributed by atoms with E-state index in [1.807, 2.05) is 0 Å². The average molecular weight is 467 g/mol. The van der Waals surface area contributed by atoms with Crippen LogP contribution >= 0.6 is 23.2 Å². The molecule has 6 nitrogen and oxygen atoms in total. The van der Waals surface area contributed by atoms with E-state index in [0.717, 1.165) is 12.1 Å². The summed E-state index contributed by atoms with van der Waals surface area (Å²) < 4.78 is 31.7. The summed E-state index contributed by atoms with van der Waals surface area (Å²) in [6.07, 6.45) is 1.25. The summed E-state index contributed by atoms with van der Waals surface area (Å²) in [6, 6.07) is 8.35. The van der Waals surface area contributed by atoms with E-state index >= 15 is 0 Å². The van der Waals surface area contributed by atoms with Gasteiger partial charge in [0.1, 0.15) is 0 Å². The molecule has 4 rings (SSSR count). The summed E-state index contributed by atoms with van der Waals surface area (Å²) in [4.78, 5) is 18.9. The van der Waals surface area contributed by atoms with Crippen molar-refractivity contribution in [2.75, 3.05) is 18.4 Å². The Kier molecular flexibility index (Phi) is 6.50. The highest BCUT2D eigenvalue weighted by molar-refractivity contribution is 6.36. The van der Waals surface area contributed by atoms with Gasteiger partial charge in [0.05, 0.1) is 11.6 Å². The molecule has 10 heteroatoms. The van der Waals surface area contributed by atoms with Crippen molar-refractivity contribution in [3.05, 3.63) is 64.0 Å². The molecular weight excluding hydrogens is 449 g/mol. The first-order chi connectivity index (χ1) is 14.9. The fourth-order valence-corrected chi connectivity index (χ4v) is 3.96. The number of amides is 1. The topological polar surface area (TPSA) is 71.3 Å². The maximum atomic E-state index is 13.3. The number of aromatic nitrogens is 2. The Balaban J connectivity index is 1.30. The number of carbonyl (C=O) groups excluding carboxylic acids is 1. The third kappa shape index (κ3) is 5.20. The van der Waals surface area contributed by atoms with Gasteiger partial charge in [-0.25, -0.2) is 8.78 Å². The van der Waals surface area contributed by atoms with Crippen molar-refractivity contribution in [2.24, 2.45) is 5.92 Å². The van der Waals surface area contributed by atoms with Crippen molar-refractivity contribution in [1.82, 2.24) is 15.0 Å². The van der Waals surface area contributed by atoms with E-state index in [-0.39, 0.29) is 17.5 Å². The van der Waals surface area contributed by atoms with Gasteiger partial charge in [0.25, 0.3) is 0 Å². The molecule has 1 aromatic heterocycles. The third-order valence-electron chi connectivity index (χ3n) is 5.14. The van der Waals surface area contributed by atoms with Crippen LogP contribution in [0.5, 0.6) is 0 Å². The van der Waals surface area contributed by atoms with E-state index in [1.165, 1.54) is 6.07 Å². The molecule has 0 spiro atoms. The molecule has 31 heavy (non-hydrogen) atoms. The number of anilines is 1. The van der Waals surface area contributed by atoms with Gasteiger partial charge in [0, 0.05) is 28.3 Å². The Morgan fingerprint density at radius 2 is 1.90 bits per heavy atom. The number of carbonyl (C=O) groups is 1. The van der Waals surface area contributed by atoms with Gasteiger partial charge in [0.15, 0.2) is 11.6 Å². The van der Waals surface area contributed by atoms with Gasteiger partial charge < -0.3 is 9.84 Å². The van der Waals surface area contributed by atoms with Crippen molar-refractivity contribution in [3.8, 4) is 11.4 Å².